The minimum absolute atomic E-state index is 0.246. The summed E-state index contributed by atoms with van der Waals surface area (Å²) in [5, 5.41) is 0. The van der Waals surface area contributed by atoms with Crippen LogP contribution in [-0.2, 0) is 14.3 Å². The maximum absolute atomic E-state index is 11.0. The molecule has 0 spiro atoms. The number of nitrogens with two attached hydrogens (primary N) is 1. The number of carbonyl (C=O) groups excluding carboxylic acids is 1. The van der Waals surface area contributed by atoms with Gasteiger partial charge in [0, 0.05) is 5.54 Å². The predicted molar refractivity (Wildman–Crippen MR) is 48.2 cm³/mol. The molecule has 1 fully saturated rings. The minimum Gasteiger partial charge on any atom is -0.469 e. The van der Waals surface area contributed by atoms with Gasteiger partial charge in [-0.25, -0.2) is 0 Å². The van der Waals surface area contributed by atoms with Gasteiger partial charge in [0.15, 0.2) is 0 Å². The van der Waals surface area contributed by atoms with Gasteiger partial charge in [0.2, 0.25) is 0 Å². The van der Waals surface area contributed by atoms with Crippen molar-refractivity contribution < 1.29 is 14.3 Å². The molecule has 2 atom stereocenters. The number of rotatable bonds is 2. The number of methoxy groups -OCH3 is 1. The summed E-state index contributed by atoms with van der Waals surface area (Å²) >= 11 is 0. The monoisotopic (exact) mass is 187 g/mol. The van der Waals surface area contributed by atoms with Gasteiger partial charge < -0.3 is 15.2 Å². The first-order valence-corrected chi connectivity index (χ1v) is 4.53. The second kappa shape index (κ2) is 4.07. The minimum atomic E-state index is -0.514. The molecule has 4 nitrogen and oxygen atoms in total. The van der Waals surface area contributed by atoms with E-state index in [9.17, 15) is 4.79 Å². The highest BCUT2D eigenvalue weighted by molar-refractivity contribution is 5.70. The molecule has 0 aromatic rings. The molecule has 0 aliphatic carbocycles. The van der Waals surface area contributed by atoms with Crippen LogP contribution in [0.1, 0.15) is 26.2 Å². The molecule has 1 heterocycles. The van der Waals surface area contributed by atoms with E-state index in [0.717, 1.165) is 12.8 Å². The van der Waals surface area contributed by atoms with Crippen molar-refractivity contribution in [3.63, 3.8) is 0 Å². The van der Waals surface area contributed by atoms with E-state index in [1.54, 1.807) is 0 Å². The smallest absolute Gasteiger partial charge is 0.307 e. The van der Waals surface area contributed by atoms with Crippen LogP contribution in [0.25, 0.3) is 0 Å². The highest BCUT2D eigenvalue weighted by Crippen LogP contribution is 2.23. The van der Waals surface area contributed by atoms with Crippen molar-refractivity contribution in [2.75, 3.05) is 13.7 Å². The summed E-state index contributed by atoms with van der Waals surface area (Å²) in [6, 6.07) is 0. The molecule has 4 heteroatoms. The van der Waals surface area contributed by atoms with Gasteiger partial charge in [0.25, 0.3) is 0 Å². The molecule has 2 N–H and O–H groups in total. The average Bonchev–Trinajstić information content (AvgIpc) is 2.10. The second-order valence-corrected chi connectivity index (χ2v) is 3.78. The highest BCUT2D eigenvalue weighted by Gasteiger charge is 2.33. The van der Waals surface area contributed by atoms with Crippen LogP contribution in [0.2, 0.25) is 0 Å². The lowest BCUT2D eigenvalue weighted by atomic mass is 9.88. The Morgan fingerprint density at radius 2 is 2.46 bits per heavy atom. The Bertz CT molecular complexity index is 185. The molecule has 1 rings (SSSR count). The van der Waals surface area contributed by atoms with Crippen LogP contribution < -0.4 is 5.73 Å². The van der Waals surface area contributed by atoms with E-state index >= 15 is 0 Å². The van der Waals surface area contributed by atoms with Crippen LogP contribution in [0.4, 0.5) is 0 Å². The van der Waals surface area contributed by atoms with Crippen LogP contribution in [0.3, 0.4) is 0 Å². The number of hydrogen-bond donors (Lipinski definition) is 1. The molecule has 0 radical (unpaired) electrons. The van der Waals surface area contributed by atoms with Crippen molar-refractivity contribution in [2.24, 2.45) is 5.73 Å². The van der Waals surface area contributed by atoms with Gasteiger partial charge in [-0.1, -0.05) is 0 Å². The molecule has 1 saturated heterocycles. The van der Waals surface area contributed by atoms with Crippen molar-refractivity contribution in [1.82, 2.24) is 0 Å². The maximum atomic E-state index is 11.0. The number of esters is 1. The standard InChI is InChI=1S/C9H17NO3/c1-7-3-4-9(10,6-13-7)5-8(11)12-2/h7H,3-6,10H2,1-2H3. The van der Waals surface area contributed by atoms with Gasteiger partial charge in [-0.3, -0.25) is 4.79 Å². The molecule has 1 aliphatic rings. The van der Waals surface area contributed by atoms with Gasteiger partial charge in [0.05, 0.1) is 26.2 Å². The van der Waals surface area contributed by atoms with Gasteiger partial charge in [-0.05, 0) is 19.8 Å². The van der Waals surface area contributed by atoms with Gasteiger partial charge >= 0.3 is 5.97 Å². The largest absolute Gasteiger partial charge is 0.469 e. The summed E-state index contributed by atoms with van der Waals surface area (Å²) in [7, 11) is 1.37. The highest BCUT2D eigenvalue weighted by atomic mass is 16.5. The molecule has 0 aromatic carbocycles. The Labute approximate surface area is 78.4 Å². The van der Waals surface area contributed by atoms with Crippen LogP contribution in [0.15, 0.2) is 0 Å². The fourth-order valence-electron chi connectivity index (χ4n) is 1.45. The van der Waals surface area contributed by atoms with Crippen molar-refractivity contribution in [2.45, 2.75) is 37.8 Å². The van der Waals surface area contributed by atoms with Crippen molar-refractivity contribution in [3.8, 4) is 0 Å². The molecule has 0 aromatic heterocycles. The first kappa shape index (κ1) is 10.5. The predicted octanol–water partition coefficient (Wildman–Crippen LogP) is 0.446. The van der Waals surface area contributed by atoms with Crippen LogP contribution >= 0.6 is 0 Å². The van der Waals surface area contributed by atoms with E-state index in [0.29, 0.717) is 6.61 Å². The Morgan fingerprint density at radius 1 is 1.77 bits per heavy atom. The number of ether oxygens (including phenoxy) is 2. The lowest BCUT2D eigenvalue weighted by Crippen LogP contribution is -2.50. The Hall–Kier alpha value is -0.610. The summed E-state index contributed by atoms with van der Waals surface area (Å²) in [5.41, 5.74) is 5.46. The van der Waals surface area contributed by atoms with E-state index in [1.807, 2.05) is 6.92 Å². The van der Waals surface area contributed by atoms with Gasteiger partial charge in [-0.2, -0.15) is 0 Å². The first-order chi connectivity index (χ1) is 6.06. The summed E-state index contributed by atoms with van der Waals surface area (Å²) < 4.78 is 9.98. The zero-order valence-electron chi connectivity index (χ0n) is 8.21. The quantitative estimate of drug-likeness (QED) is 0.637. The van der Waals surface area contributed by atoms with Gasteiger partial charge in [0.1, 0.15) is 0 Å². The molecule has 0 saturated carbocycles. The van der Waals surface area contributed by atoms with Crippen molar-refractivity contribution in [3.05, 3.63) is 0 Å². The van der Waals surface area contributed by atoms with Crippen molar-refractivity contribution >= 4 is 5.97 Å². The van der Waals surface area contributed by atoms with E-state index in [4.69, 9.17) is 10.5 Å². The topological polar surface area (TPSA) is 61.5 Å². The SMILES string of the molecule is COC(=O)CC1(N)CCC(C)OC1. The third-order valence-corrected chi connectivity index (χ3v) is 2.43. The van der Waals surface area contributed by atoms with E-state index in [2.05, 4.69) is 4.74 Å². The Kier molecular flexibility index (Phi) is 3.27. The third kappa shape index (κ3) is 2.97. The molecular formula is C9H17NO3. The number of carbonyl (C=O) groups is 1. The van der Waals surface area contributed by atoms with Crippen molar-refractivity contribution in [1.29, 1.82) is 0 Å². The number of hydrogen-bond acceptors (Lipinski definition) is 4. The maximum Gasteiger partial charge on any atom is 0.307 e. The Balaban J connectivity index is 2.43. The molecule has 0 bridgehead atoms. The van der Waals surface area contributed by atoms with Gasteiger partial charge in [-0.15, -0.1) is 0 Å². The van der Waals surface area contributed by atoms with E-state index < -0.39 is 5.54 Å². The van der Waals surface area contributed by atoms with E-state index in [1.165, 1.54) is 7.11 Å². The second-order valence-electron chi connectivity index (χ2n) is 3.78. The molecule has 76 valence electrons. The molecular weight excluding hydrogens is 170 g/mol. The first-order valence-electron chi connectivity index (χ1n) is 4.53. The normalized spacial score (nSPS) is 34.2. The molecule has 13 heavy (non-hydrogen) atoms. The fourth-order valence-corrected chi connectivity index (χ4v) is 1.45. The third-order valence-electron chi connectivity index (χ3n) is 2.43. The summed E-state index contributed by atoms with van der Waals surface area (Å²) in [4.78, 5) is 11.0. The zero-order chi connectivity index (χ0) is 9.90. The zero-order valence-corrected chi connectivity index (χ0v) is 8.21. The average molecular weight is 187 g/mol. The summed E-state index contributed by atoms with van der Waals surface area (Å²) in [6.45, 7) is 2.46. The summed E-state index contributed by atoms with van der Waals surface area (Å²) in [5.74, 6) is -0.263. The molecule has 1 aliphatic heterocycles. The summed E-state index contributed by atoms with van der Waals surface area (Å²) in [6.07, 6.45) is 2.24. The van der Waals surface area contributed by atoms with Crippen LogP contribution in [-0.4, -0.2) is 31.3 Å². The molecule has 2 unspecified atom stereocenters. The lowest BCUT2D eigenvalue weighted by Gasteiger charge is -2.35. The van der Waals surface area contributed by atoms with Crippen LogP contribution in [0.5, 0.6) is 0 Å². The van der Waals surface area contributed by atoms with E-state index in [-0.39, 0.29) is 18.5 Å². The Morgan fingerprint density at radius 3 is 2.92 bits per heavy atom. The fraction of sp³-hybridized carbons (Fsp3) is 0.889. The lowest BCUT2D eigenvalue weighted by molar-refractivity contribution is -0.144. The van der Waals surface area contributed by atoms with Crippen LogP contribution in [0, 0.1) is 0 Å². The molecule has 0 amide bonds.